The van der Waals surface area contributed by atoms with Crippen LogP contribution in [0.15, 0.2) is 12.1 Å². The third-order valence-electron chi connectivity index (χ3n) is 2.36. The minimum atomic E-state index is -0.354. The van der Waals surface area contributed by atoms with Gasteiger partial charge in [0.1, 0.15) is 0 Å². The predicted octanol–water partition coefficient (Wildman–Crippen LogP) is 2.07. The van der Waals surface area contributed by atoms with Gasteiger partial charge in [0.2, 0.25) is 5.95 Å². The maximum absolute atomic E-state index is 13.0. The molecule has 57 valence electrons. The molecule has 2 heteroatoms. The highest BCUT2D eigenvalue weighted by molar-refractivity contribution is 5.27. The van der Waals surface area contributed by atoms with Crippen molar-refractivity contribution in [3.8, 4) is 0 Å². The fourth-order valence-corrected chi connectivity index (χ4v) is 1.25. The molecule has 0 aromatic carbocycles. The molecule has 1 fully saturated rings. The van der Waals surface area contributed by atoms with Gasteiger partial charge in [-0.1, -0.05) is 13.0 Å². The first-order chi connectivity index (χ1) is 5.22. The molecule has 1 radical (unpaired) electrons. The Labute approximate surface area is 65.3 Å². The molecule has 1 aromatic rings. The van der Waals surface area contributed by atoms with Crippen molar-refractivity contribution in [2.45, 2.75) is 25.2 Å². The second-order valence-corrected chi connectivity index (χ2v) is 3.34. The van der Waals surface area contributed by atoms with Gasteiger partial charge in [0.15, 0.2) is 0 Å². The molecule has 0 bridgehead atoms. The summed E-state index contributed by atoms with van der Waals surface area (Å²) in [7, 11) is 0. The SMILES string of the molecule is CC1(c2cc[c]nc2F)CC1. The van der Waals surface area contributed by atoms with E-state index in [-0.39, 0.29) is 11.4 Å². The zero-order valence-electron chi connectivity index (χ0n) is 6.39. The van der Waals surface area contributed by atoms with E-state index < -0.39 is 0 Å². The fraction of sp³-hybridized carbons (Fsp3) is 0.444. The van der Waals surface area contributed by atoms with Crippen molar-refractivity contribution in [3.63, 3.8) is 0 Å². The number of rotatable bonds is 1. The van der Waals surface area contributed by atoms with E-state index in [2.05, 4.69) is 18.1 Å². The molecular formula is C9H9FN. The number of halogens is 1. The van der Waals surface area contributed by atoms with Gasteiger partial charge in [0.25, 0.3) is 0 Å². The molecule has 0 unspecified atom stereocenters. The van der Waals surface area contributed by atoms with E-state index in [0.29, 0.717) is 0 Å². The van der Waals surface area contributed by atoms with E-state index in [1.165, 1.54) is 0 Å². The molecular weight excluding hydrogens is 141 g/mol. The van der Waals surface area contributed by atoms with Crippen LogP contribution in [0.3, 0.4) is 0 Å². The Morgan fingerprint density at radius 3 is 2.91 bits per heavy atom. The van der Waals surface area contributed by atoms with Crippen LogP contribution >= 0.6 is 0 Å². The summed E-state index contributed by atoms with van der Waals surface area (Å²) in [6.07, 6.45) is 4.63. The smallest absolute Gasteiger partial charge is 0.217 e. The van der Waals surface area contributed by atoms with E-state index >= 15 is 0 Å². The Balaban J connectivity index is 2.45. The van der Waals surface area contributed by atoms with Gasteiger partial charge < -0.3 is 0 Å². The van der Waals surface area contributed by atoms with Crippen LogP contribution in [0.2, 0.25) is 0 Å². The summed E-state index contributed by atoms with van der Waals surface area (Å²) in [4.78, 5) is 3.49. The Bertz CT molecular complexity index is 279. The largest absolute Gasteiger partial charge is 0.218 e. The monoisotopic (exact) mass is 150 g/mol. The predicted molar refractivity (Wildman–Crippen MR) is 39.6 cm³/mol. The lowest BCUT2D eigenvalue weighted by atomic mass is 10.0. The molecule has 1 saturated carbocycles. The van der Waals surface area contributed by atoms with Crippen LogP contribution in [0.4, 0.5) is 4.39 Å². The van der Waals surface area contributed by atoms with Gasteiger partial charge in [-0.05, 0) is 24.3 Å². The van der Waals surface area contributed by atoms with Crippen LogP contribution in [0.25, 0.3) is 0 Å². The van der Waals surface area contributed by atoms with Crippen LogP contribution in [0, 0.1) is 12.1 Å². The van der Waals surface area contributed by atoms with Crippen molar-refractivity contribution in [1.29, 1.82) is 0 Å². The van der Waals surface area contributed by atoms with Crippen LogP contribution in [0.5, 0.6) is 0 Å². The topological polar surface area (TPSA) is 12.9 Å². The van der Waals surface area contributed by atoms with Crippen molar-refractivity contribution in [2.24, 2.45) is 0 Å². The molecule has 1 heterocycles. The second kappa shape index (κ2) is 2.03. The summed E-state index contributed by atoms with van der Waals surface area (Å²) in [5, 5.41) is 0. The van der Waals surface area contributed by atoms with Gasteiger partial charge in [-0.15, -0.1) is 0 Å². The van der Waals surface area contributed by atoms with Crippen LogP contribution in [-0.2, 0) is 5.41 Å². The van der Waals surface area contributed by atoms with Gasteiger partial charge in [-0.2, -0.15) is 4.39 Å². The summed E-state index contributed by atoms with van der Waals surface area (Å²) in [6, 6.07) is 3.44. The van der Waals surface area contributed by atoms with E-state index in [1.807, 2.05) is 0 Å². The molecule has 0 atom stereocenters. The minimum absolute atomic E-state index is 0.0756. The first-order valence-corrected chi connectivity index (χ1v) is 3.75. The fourth-order valence-electron chi connectivity index (χ4n) is 1.25. The van der Waals surface area contributed by atoms with Gasteiger partial charge in [0, 0.05) is 5.56 Å². The second-order valence-electron chi connectivity index (χ2n) is 3.34. The van der Waals surface area contributed by atoms with Crippen molar-refractivity contribution < 1.29 is 4.39 Å². The molecule has 1 aliphatic rings. The highest BCUT2D eigenvalue weighted by Crippen LogP contribution is 2.47. The van der Waals surface area contributed by atoms with Crippen molar-refractivity contribution in [3.05, 3.63) is 29.8 Å². The normalized spacial score (nSPS) is 19.8. The van der Waals surface area contributed by atoms with Crippen molar-refractivity contribution in [1.82, 2.24) is 4.98 Å². The van der Waals surface area contributed by atoms with Gasteiger partial charge in [-0.3, -0.25) is 0 Å². The summed E-state index contributed by atoms with van der Waals surface area (Å²) >= 11 is 0. The Kier molecular flexibility index (Phi) is 1.25. The number of hydrogen-bond acceptors (Lipinski definition) is 1. The lowest BCUT2D eigenvalue weighted by molar-refractivity contribution is 0.546. The van der Waals surface area contributed by atoms with Crippen molar-refractivity contribution >= 4 is 0 Å². The molecule has 0 aliphatic heterocycles. The molecule has 0 N–H and O–H groups in total. The lowest BCUT2D eigenvalue weighted by Crippen LogP contribution is -2.04. The van der Waals surface area contributed by atoms with E-state index in [4.69, 9.17) is 0 Å². The molecule has 11 heavy (non-hydrogen) atoms. The van der Waals surface area contributed by atoms with E-state index in [0.717, 1.165) is 18.4 Å². The van der Waals surface area contributed by atoms with E-state index in [1.54, 1.807) is 12.1 Å². The van der Waals surface area contributed by atoms with Crippen LogP contribution < -0.4 is 0 Å². The molecule has 1 aromatic heterocycles. The summed E-state index contributed by atoms with van der Waals surface area (Å²) in [5.74, 6) is -0.354. The minimum Gasteiger partial charge on any atom is -0.218 e. The summed E-state index contributed by atoms with van der Waals surface area (Å²) in [5.41, 5.74) is 0.822. The van der Waals surface area contributed by atoms with Gasteiger partial charge >= 0.3 is 0 Å². The molecule has 1 nitrogen and oxygen atoms in total. The quantitative estimate of drug-likeness (QED) is 0.558. The summed E-state index contributed by atoms with van der Waals surface area (Å²) < 4.78 is 13.0. The highest BCUT2D eigenvalue weighted by atomic mass is 19.1. The Morgan fingerprint density at radius 2 is 2.36 bits per heavy atom. The standard InChI is InChI=1S/C9H9FN/c1-9(4-5-9)7-3-2-6-11-8(7)10/h2-3H,4-5H2,1H3. The van der Waals surface area contributed by atoms with E-state index in [9.17, 15) is 4.39 Å². The average Bonchev–Trinajstić information content (AvgIpc) is 2.70. The first-order valence-electron chi connectivity index (χ1n) is 3.75. The van der Waals surface area contributed by atoms with Crippen LogP contribution in [0.1, 0.15) is 25.3 Å². The van der Waals surface area contributed by atoms with Crippen LogP contribution in [-0.4, -0.2) is 4.98 Å². The number of pyridine rings is 1. The molecule has 0 saturated heterocycles. The number of hydrogen-bond donors (Lipinski definition) is 0. The average molecular weight is 150 g/mol. The summed E-state index contributed by atoms with van der Waals surface area (Å²) in [6.45, 7) is 2.06. The zero-order valence-corrected chi connectivity index (χ0v) is 6.39. The Hall–Kier alpha value is -0.920. The number of aromatic nitrogens is 1. The van der Waals surface area contributed by atoms with Gasteiger partial charge in [-0.25, -0.2) is 4.98 Å². The maximum Gasteiger partial charge on any atom is 0.217 e. The number of nitrogens with zero attached hydrogens (tertiary/aromatic N) is 1. The first kappa shape index (κ1) is 6.77. The molecule has 2 rings (SSSR count). The van der Waals surface area contributed by atoms with Crippen molar-refractivity contribution in [2.75, 3.05) is 0 Å². The molecule has 0 spiro atoms. The van der Waals surface area contributed by atoms with Gasteiger partial charge in [0.05, 0.1) is 6.20 Å². The molecule has 1 aliphatic carbocycles. The maximum atomic E-state index is 13.0. The zero-order chi connectivity index (χ0) is 7.90. The highest BCUT2D eigenvalue weighted by Gasteiger charge is 2.41. The third-order valence-corrected chi connectivity index (χ3v) is 2.36. The molecule has 0 amide bonds. The lowest BCUT2D eigenvalue weighted by Gasteiger charge is -2.07. The Morgan fingerprint density at radius 1 is 1.64 bits per heavy atom. The third kappa shape index (κ3) is 1.02.